The predicted molar refractivity (Wildman–Crippen MR) is 86.3 cm³/mol. The van der Waals surface area contributed by atoms with Gasteiger partial charge in [0.05, 0.1) is 6.42 Å². The Morgan fingerprint density at radius 1 is 1.21 bits per heavy atom. The zero-order chi connectivity index (χ0) is 17.0. The summed E-state index contributed by atoms with van der Waals surface area (Å²) in [5.74, 6) is -0.710. The van der Waals surface area contributed by atoms with Crippen molar-refractivity contribution in [2.45, 2.75) is 30.7 Å². The lowest BCUT2D eigenvalue weighted by molar-refractivity contribution is -0.126. The summed E-state index contributed by atoms with van der Waals surface area (Å²) >= 11 is 0. The Labute approximate surface area is 140 Å². The van der Waals surface area contributed by atoms with Gasteiger partial charge in [-0.2, -0.15) is 0 Å². The molecule has 1 aromatic carbocycles. The van der Waals surface area contributed by atoms with Gasteiger partial charge in [-0.05, 0) is 18.4 Å². The van der Waals surface area contributed by atoms with Crippen LogP contribution < -0.4 is 16.0 Å². The average molecular weight is 331 g/mol. The van der Waals surface area contributed by atoms with Crippen LogP contribution in [-0.4, -0.2) is 43.6 Å². The highest BCUT2D eigenvalue weighted by atomic mass is 16.5. The van der Waals surface area contributed by atoms with E-state index in [4.69, 9.17) is 4.74 Å². The van der Waals surface area contributed by atoms with Crippen LogP contribution in [0.2, 0.25) is 0 Å². The number of hydrogen-bond donors (Lipinski definition) is 3. The highest BCUT2D eigenvalue weighted by molar-refractivity contribution is 6.05. The normalized spacial score (nSPS) is 22.6. The van der Waals surface area contributed by atoms with Crippen molar-refractivity contribution in [2.75, 3.05) is 19.8 Å². The lowest BCUT2D eigenvalue weighted by atomic mass is 9.74. The molecule has 0 unspecified atom stereocenters. The molecule has 4 amide bonds. The van der Waals surface area contributed by atoms with Gasteiger partial charge in [0.1, 0.15) is 6.04 Å². The van der Waals surface area contributed by atoms with Crippen LogP contribution in [0.25, 0.3) is 0 Å². The maximum Gasteiger partial charge on any atom is 0.322 e. The second-order valence-electron chi connectivity index (χ2n) is 6.25. The molecular weight excluding hydrogens is 310 g/mol. The second-order valence-corrected chi connectivity index (χ2v) is 6.25. The number of rotatable bonds is 5. The molecule has 7 nitrogen and oxygen atoms in total. The van der Waals surface area contributed by atoms with Gasteiger partial charge in [0.15, 0.2) is 0 Å². The Balaban J connectivity index is 1.63. The van der Waals surface area contributed by atoms with E-state index in [0.717, 1.165) is 12.8 Å². The molecule has 1 atom stereocenters. The van der Waals surface area contributed by atoms with E-state index in [1.165, 1.54) is 5.56 Å². The predicted octanol–water partition coefficient (Wildman–Crippen LogP) is 0.449. The molecule has 0 saturated carbocycles. The summed E-state index contributed by atoms with van der Waals surface area (Å²) < 4.78 is 5.47. The van der Waals surface area contributed by atoms with Crippen molar-refractivity contribution in [3.05, 3.63) is 35.9 Å². The minimum Gasteiger partial charge on any atom is -0.381 e. The summed E-state index contributed by atoms with van der Waals surface area (Å²) in [5, 5.41) is 7.49. The fourth-order valence-electron chi connectivity index (χ4n) is 3.25. The van der Waals surface area contributed by atoms with Crippen LogP contribution in [0.5, 0.6) is 0 Å². The molecule has 2 heterocycles. The van der Waals surface area contributed by atoms with Crippen LogP contribution in [0, 0.1) is 0 Å². The van der Waals surface area contributed by atoms with Crippen molar-refractivity contribution in [3.63, 3.8) is 0 Å². The van der Waals surface area contributed by atoms with Gasteiger partial charge in [0, 0.05) is 25.2 Å². The molecule has 0 aromatic heterocycles. The minimum absolute atomic E-state index is 0.0566. The summed E-state index contributed by atoms with van der Waals surface area (Å²) in [7, 11) is 0. The van der Waals surface area contributed by atoms with Gasteiger partial charge in [-0.1, -0.05) is 30.3 Å². The molecule has 3 N–H and O–H groups in total. The highest BCUT2D eigenvalue weighted by Crippen LogP contribution is 2.34. The first-order chi connectivity index (χ1) is 11.6. The zero-order valence-corrected chi connectivity index (χ0v) is 13.3. The van der Waals surface area contributed by atoms with Crippen molar-refractivity contribution in [1.82, 2.24) is 16.0 Å². The minimum atomic E-state index is -0.792. The van der Waals surface area contributed by atoms with E-state index in [1.807, 2.05) is 18.2 Å². The SMILES string of the molecule is O=C(C[C@H]1NC(=O)NC1=O)NCC1(c2ccccc2)CCOCC1. The number of carbonyl (C=O) groups excluding carboxylic acids is 3. The third kappa shape index (κ3) is 3.56. The Bertz CT molecular complexity index is 626. The van der Waals surface area contributed by atoms with Crippen molar-refractivity contribution < 1.29 is 19.1 Å². The zero-order valence-electron chi connectivity index (χ0n) is 13.3. The fraction of sp³-hybridized carbons (Fsp3) is 0.471. The second kappa shape index (κ2) is 7.00. The summed E-state index contributed by atoms with van der Waals surface area (Å²) in [4.78, 5) is 34.8. The number of ether oxygens (including phenoxy) is 1. The molecule has 3 rings (SSSR count). The van der Waals surface area contributed by atoms with E-state index < -0.39 is 18.0 Å². The Hall–Kier alpha value is -2.41. The summed E-state index contributed by atoms with van der Waals surface area (Å²) in [5.41, 5.74) is 1.02. The molecule has 0 spiro atoms. The van der Waals surface area contributed by atoms with Gasteiger partial charge in [0.25, 0.3) is 5.91 Å². The van der Waals surface area contributed by atoms with Crippen LogP contribution in [0.15, 0.2) is 30.3 Å². The van der Waals surface area contributed by atoms with Crippen LogP contribution in [0.4, 0.5) is 4.79 Å². The summed E-state index contributed by atoms with van der Waals surface area (Å²) in [6, 6.07) is 8.75. The number of urea groups is 1. The van der Waals surface area contributed by atoms with E-state index >= 15 is 0 Å². The van der Waals surface area contributed by atoms with Crippen molar-refractivity contribution in [3.8, 4) is 0 Å². The first-order valence-electron chi connectivity index (χ1n) is 8.10. The lowest BCUT2D eigenvalue weighted by Crippen LogP contribution is -2.46. The number of nitrogens with one attached hydrogen (secondary N) is 3. The van der Waals surface area contributed by atoms with Gasteiger partial charge < -0.3 is 15.4 Å². The number of carbonyl (C=O) groups is 3. The first kappa shape index (κ1) is 16.4. The molecule has 2 aliphatic heterocycles. The summed E-state index contributed by atoms with van der Waals surface area (Å²) in [6.07, 6.45) is 1.61. The molecule has 24 heavy (non-hydrogen) atoms. The highest BCUT2D eigenvalue weighted by Gasteiger charge is 2.36. The number of amides is 4. The van der Waals surface area contributed by atoms with E-state index in [-0.39, 0.29) is 17.7 Å². The molecule has 128 valence electrons. The maximum atomic E-state index is 12.2. The standard InChI is InChI=1S/C17H21N3O4/c21-14(10-13-15(22)20-16(23)19-13)18-11-17(6-8-24-9-7-17)12-4-2-1-3-5-12/h1-5,13H,6-11H2,(H,18,21)(H2,19,20,22,23)/t13-/m1/s1. The molecule has 0 radical (unpaired) electrons. The largest absolute Gasteiger partial charge is 0.381 e. The van der Waals surface area contributed by atoms with Crippen molar-refractivity contribution >= 4 is 17.8 Å². The number of imide groups is 1. The molecule has 0 bridgehead atoms. The van der Waals surface area contributed by atoms with Crippen molar-refractivity contribution in [1.29, 1.82) is 0 Å². The molecule has 2 saturated heterocycles. The topological polar surface area (TPSA) is 96.5 Å². The monoisotopic (exact) mass is 331 g/mol. The molecule has 0 aliphatic carbocycles. The van der Waals surface area contributed by atoms with Gasteiger partial charge in [-0.15, -0.1) is 0 Å². The van der Waals surface area contributed by atoms with Gasteiger partial charge in [-0.3, -0.25) is 14.9 Å². The van der Waals surface area contributed by atoms with Gasteiger partial charge in [-0.25, -0.2) is 4.79 Å². The molecular formula is C17H21N3O4. The van der Waals surface area contributed by atoms with Gasteiger partial charge in [0.2, 0.25) is 5.91 Å². The molecule has 7 heteroatoms. The van der Waals surface area contributed by atoms with Crippen molar-refractivity contribution in [2.24, 2.45) is 0 Å². The van der Waals surface area contributed by atoms with Crippen LogP contribution in [0.3, 0.4) is 0 Å². The fourth-order valence-corrected chi connectivity index (χ4v) is 3.25. The van der Waals surface area contributed by atoms with Crippen LogP contribution in [-0.2, 0) is 19.7 Å². The van der Waals surface area contributed by atoms with Crippen LogP contribution in [0.1, 0.15) is 24.8 Å². The molecule has 1 aromatic rings. The Morgan fingerprint density at radius 3 is 2.54 bits per heavy atom. The smallest absolute Gasteiger partial charge is 0.322 e. The third-order valence-electron chi connectivity index (χ3n) is 4.71. The lowest BCUT2D eigenvalue weighted by Gasteiger charge is -2.38. The Kier molecular flexibility index (Phi) is 4.80. The average Bonchev–Trinajstić information content (AvgIpc) is 2.92. The Morgan fingerprint density at radius 2 is 1.92 bits per heavy atom. The van der Waals surface area contributed by atoms with E-state index in [2.05, 4.69) is 28.1 Å². The molecule has 2 fully saturated rings. The third-order valence-corrected chi connectivity index (χ3v) is 4.71. The molecule has 2 aliphatic rings. The number of hydrogen-bond acceptors (Lipinski definition) is 4. The first-order valence-corrected chi connectivity index (χ1v) is 8.10. The van der Waals surface area contributed by atoms with Gasteiger partial charge >= 0.3 is 6.03 Å². The number of benzene rings is 1. The van der Waals surface area contributed by atoms with E-state index in [0.29, 0.717) is 19.8 Å². The van der Waals surface area contributed by atoms with E-state index in [9.17, 15) is 14.4 Å². The summed E-state index contributed by atoms with van der Waals surface area (Å²) in [6.45, 7) is 1.80. The van der Waals surface area contributed by atoms with E-state index in [1.54, 1.807) is 0 Å². The maximum absolute atomic E-state index is 12.2. The quantitative estimate of drug-likeness (QED) is 0.683. The van der Waals surface area contributed by atoms with Crippen LogP contribution >= 0.6 is 0 Å².